The molecule has 6 heteroatoms. The van der Waals surface area contributed by atoms with Crippen LogP contribution >= 0.6 is 0 Å². The van der Waals surface area contributed by atoms with E-state index in [-0.39, 0.29) is 11.7 Å². The Hall–Kier alpha value is -2.63. The monoisotopic (exact) mass is 230 g/mol. The van der Waals surface area contributed by atoms with Crippen LogP contribution in [0.4, 0.5) is 5.69 Å². The normalized spacial score (nSPS) is 10.8. The summed E-state index contributed by atoms with van der Waals surface area (Å²) in [5.74, 6) is -0.640. The maximum Gasteiger partial charge on any atom is 0.290 e. The molecule has 0 saturated heterocycles. The van der Waals surface area contributed by atoms with Gasteiger partial charge in [0.1, 0.15) is 0 Å². The van der Waals surface area contributed by atoms with Crippen molar-refractivity contribution in [2.24, 2.45) is 5.73 Å². The number of hydrogen-bond donors (Lipinski definition) is 2. The van der Waals surface area contributed by atoms with Crippen LogP contribution in [0.15, 0.2) is 28.8 Å². The highest BCUT2D eigenvalue weighted by Crippen LogP contribution is 2.09. The molecule has 0 saturated carbocycles. The standard InChI is InChI=1S/C11H10N4O2/c12-8-4-1-7(2-5-8)3-6-9-14-11(10(13)16)15-17-9/h1-6H,12H2,(H2,13,16)/b6-3+. The fraction of sp³-hybridized carbons (Fsp3) is 0. The van der Waals surface area contributed by atoms with Crippen LogP contribution in [-0.4, -0.2) is 16.0 Å². The molecule has 0 radical (unpaired) electrons. The largest absolute Gasteiger partial charge is 0.399 e. The van der Waals surface area contributed by atoms with E-state index in [1.54, 1.807) is 24.3 Å². The van der Waals surface area contributed by atoms with Gasteiger partial charge in [0, 0.05) is 11.8 Å². The Morgan fingerprint density at radius 3 is 2.53 bits per heavy atom. The zero-order chi connectivity index (χ0) is 12.3. The molecule has 2 aromatic rings. The Kier molecular flexibility index (Phi) is 2.87. The third-order valence-corrected chi connectivity index (χ3v) is 2.02. The van der Waals surface area contributed by atoms with Gasteiger partial charge in [-0.05, 0) is 23.8 Å². The van der Waals surface area contributed by atoms with Gasteiger partial charge < -0.3 is 16.0 Å². The smallest absolute Gasteiger partial charge is 0.290 e. The molecule has 0 unspecified atom stereocenters. The van der Waals surface area contributed by atoms with Gasteiger partial charge in [0.2, 0.25) is 0 Å². The topological polar surface area (TPSA) is 108 Å². The van der Waals surface area contributed by atoms with E-state index in [1.165, 1.54) is 0 Å². The molecule has 0 bridgehead atoms. The van der Waals surface area contributed by atoms with E-state index >= 15 is 0 Å². The van der Waals surface area contributed by atoms with Crippen LogP contribution in [0, 0.1) is 0 Å². The van der Waals surface area contributed by atoms with Gasteiger partial charge in [-0.1, -0.05) is 17.3 Å². The molecule has 1 amide bonds. The van der Waals surface area contributed by atoms with Crippen LogP contribution in [0.5, 0.6) is 0 Å². The number of nitrogens with zero attached hydrogens (tertiary/aromatic N) is 2. The van der Waals surface area contributed by atoms with Crippen LogP contribution in [0.2, 0.25) is 0 Å². The quantitative estimate of drug-likeness (QED) is 0.762. The van der Waals surface area contributed by atoms with Gasteiger partial charge in [-0.3, -0.25) is 4.79 Å². The zero-order valence-corrected chi connectivity index (χ0v) is 8.83. The molecule has 0 aliphatic carbocycles. The lowest BCUT2D eigenvalue weighted by Gasteiger charge is -1.93. The van der Waals surface area contributed by atoms with Crippen molar-refractivity contribution in [1.29, 1.82) is 0 Å². The van der Waals surface area contributed by atoms with Crippen molar-refractivity contribution >= 4 is 23.7 Å². The van der Waals surface area contributed by atoms with E-state index in [9.17, 15) is 4.79 Å². The van der Waals surface area contributed by atoms with Crippen molar-refractivity contribution in [2.45, 2.75) is 0 Å². The fourth-order valence-electron chi connectivity index (χ4n) is 1.18. The maximum atomic E-state index is 10.7. The number of rotatable bonds is 3. The Labute approximate surface area is 96.9 Å². The van der Waals surface area contributed by atoms with Crippen LogP contribution < -0.4 is 11.5 Å². The summed E-state index contributed by atoms with van der Waals surface area (Å²) in [5.41, 5.74) is 12.2. The summed E-state index contributed by atoms with van der Waals surface area (Å²) in [4.78, 5) is 14.5. The SMILES string of the molecule is NC(=O)c1noc(/C=C/c2ccc(N)cc2)n1. The van der Waals surface area contributed by atoms with Crippen molar-refractivity contribution in [3.05, 3.63) is 41.5 Å². The van der Waals surface area contributed by atoms with Gasteiger partial charge in [-0.2, -0.15) is 4.98 Å². The summed E-state index contributed by atoms with van der Waals surface area (Å²) in [6.07, 6.45) is 3.35. The predicted octanol–water partition coefficient (Wildman–Crippen LogP) is 0.921. The molecule has 1 aromatic heterocycles. The predicted molar refractivity (Wildman–Crippen MR) is 62.6 cm³/mol. The Bertz CT molecular complexity index is 557. The van der Waals surface area contributed by atoms with Crippen LogP contribution in [0.1, 0.15) is 22.1 Å². The van der Waals surface area contributed by atoms with Gasteiger partial charge in [0.25, 0.3) is 17.6 Å². The first kappa shape index (κ1) is 10.9. The molecule has 4 N–H and O–H groups in total. The molecule has 0 aliphatic heterocycles. The van der Waals surface area contributed by atoms with Crippen LogP contribution in [0.3, 0.4) is 0 Å². The first-order valence-electron chi connectivity index (χ1n) is 4.82. The summed E-state index contributed by atoms with van der Waals surface area (Å²) in [6.45, 7) is 0. The number of nitrogens with two attached hydrogens (primary N) is 2. The number of carbonyl (C=O) groups excluding carboxylic acids is 1. The Morgan fingerprint density at radius 1 is 1.24 bits per heavy atom. The minimum atomic E-state index is -0.721. The van der Waals surface area contributed by atoms with Gasteiger partial charge in [0.05, 0.1) is 0 Å². The molecular formula is C11H10N4O2. The molecular weight excluding hydrogens is 220 g/mol. The number of hydrogen-bond acceptors (Lipinski definition) is 5. The number of amides is 1. The highest BCUT2D eigenvalue weighted by molar-refractivity contribution is 5.88. The second kappa shape index (κ2) is 4.48. The maximum absolute atomic E-state index is 10.7. The lowest BCUT2D eigenvalue weighted by atomic mass is 10.2. The summed E-state index contributed by atoms with van der Waals surface area (Å²) >= 11 is 0. The Morgan fingerprint density at radius 2 is 1.94 bits per heavy atom. The average molecular weight is 230 g/mol. The van der Waals surface area contributed by atoms with E-state index in [0.29, 0.717) is 5.69 Å². The van der Waals surface area contributed by atoms with E-state index in [1.807, 2.05) is 12.1 Å². The number of carbonyl (C=O) groups is 1. The Balaban J connectivity index is 2.14. The first-order chi connectivity index (χ1) is 8.15. The molecule has 86 valence electrons. The molecule has 17 heavy (non-hydrogen) atoms. The van der Waals surface area contributed by atoms with Gasteiger partial charge >= 0.3 is 0 Å². The number of aromatic nitrogens is 2. The molecule has 0 aliphatic rings. The summed E-state index contributed by atoms with van der Waals surface area (Å²) < 4.78 is 4.80. The minimum Gasteiger partial charge on any atom is -0.399 e. The molecule has 1 aromatic carbocycles. The van der Waals surface area contributed by atoms with Crippen molar-refractivity contribution in [2.75, 3.05) is 5.73 Å². The first-order valence-corrected chi connectivity index (χ1v) is 4.82. The van der Waals surface area contributed by atoms with Gasteiger partial charge in [-0.25, -0.2) is 0 Å². The minimum absolute atomic E-state index is 0.137. The van der Waals surface area contributed by atoms with Crippen LogP contribution in [0.25, 0.3) is 12.2 Å². The highest BCUT2D eigenvalue weighted by atomic mass is 16.5. The van der Waals surface area contributed by atoms with Gasteiger partial charge in [-0.15, -0.1) is 0 Å². The summed E-state index contributed by atoms with van der Waals surface area (Å²) in [5, 5.41) is 3.41. The van der Waals surface area contributed by atoms with E-state index in [2.05, 4.69) is 10.1 Å². The second-order valence-corrected chi connectivity index (χ2v) is 3.32. The third-order valence-electron chi connectivity index (χ3n) is 2.02. The average Bonchev–Trinajstić information content (AvgIpc) is 2.77. The van der Waals surface area contributed by atoms with E-state index in [0.717, 1.165) is 5.56 Å². The lowest BCUT2D eigenvalue weighted by molar-refractivity contribution is 0.0987. The number of primary amides is 1. The van der Waals surface area contributed by atoms with Crippen molar-refractivity contribution in [3.8, 4) is 0 Å². The van der Waals surface area contributed by atoms with E-state index in [4.69, 9.17) is 16.0 Å². The van der Waals surface area contributed by atoms with Crippen molar-refractivity contribution < 1.29 is 9.32 Å². The van der Waals surface area contributed by atoms with E-state index < -0.39 is 5.91 Å². The number of nitrogen functional groups attached to an aromatic ring is 1. The molecule has 1 heterocycles. The van der Waals surface area contributed by atoms with Crippen molar-refractivity contribution in [1.82, 2.24) is 10.1 Å². The molecule has 0 spiro atoms. The van der Waals surface area contributed by atoms with Crippen LogP contribution in [-0.2, 0) is 0 Å². The molecule has 0 fully saturated rings. The zero-order valence-electron chi connectivity index (χ0n) is 8.83. The molecule has 2 rings (SSSR count). The van der Waals surface area contributed by atoms with Gasteiger partial charge in [0.15, 0.2) is 0 Å². The lowest BCUT2D eigenvalue weighted by Crippen LogP contribution is -2.12. The summed E-state index contributed by atoms with van der Waals surface area (Å²) in [6, 6.07) is 7.25. The molecule has 6 nitrogen and oxygen atoms in total. The second-order valence-electron chi connectivity index (χ2n) is 3.32. The summed E-state index contributed by atoms with van der Waals surface area (Å²) in [7, 11) is 0. The third kappa shape index (κ3) is 2.69. The van der Waals surface area contributed by atoms with Crippen molar-refractivity contribution in [3.63, 3.8) is 0 Å². The molecule has 0 atom stereocenters. The number of benzene rings is 1. The highest BCUT2D eigenvalue weighted by Gasteiger charge is 2.08. The fourth-order valence-corrected chi connectivity index (χ4v) is 1.18. The number of anilines is 1.